The molecule has 0 aliphatic carbocycles. The third-order valence-corrected chi connectivity index (χ3v) is 4.61. The summed E-state index contributed by atoms with van der Waals surface area (Å²) < 4.78 is 7.08. The molecular weight excluding hydrogens is 356 g/mol. The van der Waals surface area contributed by atoms with Crippen LogP contribution in [0.2, 0.25) is 5.02 Å². The molecule has 3 aromatic rings. The number of carbonyl (C=O) groups excluding carboxylic acids is 1. The second-order valence-corrected chi connectivity index (χ2v) is 6.59. The molecule has 0 bridgehead atoms. The number of fused-ring (bicyclic) bond motifs is 1. The Morgan fingerprint density at radius 2 is 2.08 bits per heavy atom. The highest BCUT2D eigenvalue weighted by atomic mass is 35.5. The number of nitrogens with one attached hydrogen (secondary N) is 1. The van der Waals surface area contributed by atoms with E-state index in [2.05, 4.69) is 20.6 Å². The number of aromatic nitrogens is 4. The van der Waals surface area contributed by atoms with Gasteiger partial charge in [0.1, 0.15) is 0 Å². The summed E-state index contributed by atoms with van der Waals surface area (Å²) in [5, 5.41) is 11.9. The molecule has 2 aromatic heterocycles. The van der Waals surface area contributed by atoms with Gasteiger partial charge in [-0.15, -0.1) is 0 Å². The molecule has 0 spiro atoms. The zero-order valence-corrected chi connectivity index (χ0v) is 15.1. The highest BCUT2D eigenvalue weighted by molar-refractivity contribution is 6.30. The number of benzene rings is 1. The Bertz CT molecular complexity index is 962. The predicted molar refractivity (Wildman–Crippen MR) is 95.8 cm³/mol. The lowest BCUT2D eigenvalue weighted by Crippen LogP contribution is -2.39. The Balaban J connectivity index is 1.57. The molecule has 1 N–H and O–H groups in total. The summed E-state index contributed by atoms with van der Waals surface area (Å²) in [6, 6.07) is 6.85. The van der Waals surface area contributed by atoms with Crippen LogP contribution in [0.3, 0.4) is 0 Å². The van der Waals surface area contributed by atoms with Gasteiger partial charge in [-0.05, 0) is 31.2 Å². The largest absolute Gasteiger partial charge is 0.332 e. The maximum absolute atomic E-state index is 12.6. The molecule has 0 saturated heterocycles. The molecule has 0 radical (unpaired) electrons. The number of urea groups is 1. The Morgan fingerprint density at radius 1 is 1.31 bits per heavy atom. The summed E-state index contributed by atoms with van der Waals surface area (Å²) >= 11 is 5.88. The van der Waals surface area contributed by atoms with Crippen molar-refractivity contribution in [3.63, 3.8) is 0 Å². The van der Waals surface area contributed by atoms with Gasteiger partial charge >= 0.3 is 6.03 Å². The predicted octanol–water partition coefficient (Wildman–Crippen LogP) is 3.02. The van der Waals surface area contributed by atoms with E-state index in [9.17, 15) is 4.79 Å². The zero-order chi connectivity index (χ0) is 18.3. The van der Waals surface area contributed by atoms with Gasteiger partial charge in [0.05, 0.1) is 6.54 Å². The van der Waals surface area contributed by atoms with Crippen molar-refractivity contribution in [2.24, 2.45) is 7.05 Å². The molecule has 26 heavy (non-hydrogen) atoms. The Labute approximate surface area is 154 Å². The maximum atomic E-state index is 12.6. The molecule has 1 aliphatic rings. The van der Waals surface area contributed by atoms with Crippen LogP contribution in [0, 0.1) is 6.92 Å². The van der Waals surface area contributed by atoms with Gasteiger partial charge in [0, 0.05) is 42.0 Å². The van der Waals surface area contributed by atoms with Gasteiger partial charge in [-0.2, -0.15) is 10.1 Å². The topological polar surface area (TPSA) is 89.1 Å². The van der Waals surface area contributed by atoms with Gasteiger partial charge in [0.2, 0.25) is 0 Å². The van der Waals surface area contributed by atoms with Crippen molar-refractivity contribution in [2.45, 2.75) is 19.9 Å². The molecule has 3 heterocycles. The van der Waals surface area contributed by atoms with Crippen molar-refractivity contribution in [3.05, 3.63) is 46.4 Å². The van der Waals surface area contributed by atoms with E-state index in [-0.39, 0.29) is 6.03 Å². The molecule has 4 rings (SSSR count). The number of nitrogens with zero attached hydrogens (tertiary/aromatic N) is 5. The molecule has 0 saturated carbocycles. The van der Waals surface area contributed by atoms with E-state index in [4.69, 9.17) is 16.1 Å². The number of amides is 2. The first-order valence-corrected chi connectivity index (χ1v) is 8.56. The third-order valence-electron chi connectivity index (χ3n) is 4.36. The van der Waals surface area contributed by atoms with Crippen LogP contribution in [-0.4, -0.2) is 37.4 Å². The maximum Gasteiger partial charge on any atom is 0.322 e. The van der Waals surface area contributed by atoms with Gasteiger partial charge in [-0.25, -0.2) is 4.79 Å². The van der Waals surface area contributed by atoms with Crippen molar-refractivity contribution in [2.75, 3.05) is 11.9 Å². The molecule has 134 valence electrons. The fraction of sp³-hybridized carbons (Fsp3) is 0.294. The first kappa shape index (κ1) is 16.6. The lowest BCUT2D eigenvalue weighted by atomic mass is 10.1. The highest BCUT2D eigenvalue weighted by Crippen LogP contribution is 2.29. The minimum absolute atomic E-state index is 0.172. The number of anilines is 1. The molecule has 0 unspecified atom stereocenters. The molecule has 0 fully saturated rings. The van der Waals surface area contributed by atoms with Crippen LogP contribution in [-0.2, 0) is 20.0 Å². The second-order valence-electron chi connectivity index (χ2n) is 6.15. The standard InChI is InChI=1S/C17H17ClN6O2/c1-10-19-16(26-22-10)15-13-9-24(8-7-14(13)23(2)21-15)17(25)20-12-5-3-11(18)4-6-12/h3-6H,7-9H2,1-2H3,(H,20,25). The van der Waals surface area contributed by atoms with Gasteiger partial charge in [-0.3, -0.25) is 4.68 Å². The van der Waals surface area contributed by atoms with E-state index in [1.165, 1.54) is 0 Å². The van der Waals surface area contributed by atoms with Gasteiger partial charge in [-0.1, -0.05) is 16.8 Å². The first-order chi connectivity index (χ1) is 12.5. The Kier molecular flexibility index (Phi) is 4.12. The van der Waals surface area contributed by atoms with Crippen molar-refractivity contribution in [1.29, 1.82) is 0 Å². The second kappa shape index (κ2) is 6.45. The van der Waals surface area contributed by atoms with Gasteiger partial charge in [0.25, 0.3) is 5.89 Å². The van der Waals surface area contributed by atoms with E-state index >= 15 is 0 Å². The lowest BCUT2D eigenvalue weighted by Gasteiger charge is -2.27. The molecule has 2 amide bonds. The zero-order valence-electron chi connectivity index (χ0n) is 14.4. The van der Waals surface area contributed by atoms with Crippen molar-refractivity contribution < 1.29 is 9.32 Å². The minimum atomic E-state index is -0.172. The summed E-state index contributed by atoms with van der Waals surface area (Å²) in [5.41, 5.74) is 3.34. The van der Waals surface area contributed by atoms with Crippen molar-refractivity contribution in [3.8, 4) is 11.6 Å². The molecule has 1 aliphatic heterocycles. The monoisotopic (exact) mass is 372 g/mol. The smallest absolute Gasteiger partial charge is 0.322 e. The van der Waals surface area contributed by atoms with E-state index in [0.717, 1.165) is 11.3 Å². The number of aryl methyl sites for hydroxylation is 2. The Hall–Kier alpha value is -2.87. The van der Waals surface area contributed by atoms with Crippen molar-refractivity contribution in [1.82, 2.24) is 24.8 Å². The summed E-state index contributed by atoms with van der Waals surface area (Å²) in [6.45, 7) is 2.79. The van der Waals surface area contributed by atoms with Gasteiger partial charge < -0.3 is 14.7 Å². The summed E-state index contributed by atoms with van der Waals surface area (Å²) in [5.74, 6) is 0.923. The molecule has 8 nitrogen and oxygen atoms in total. The van der Waals surface area contributed by atoms with E-state index in [1.807, 2.05) is 11.7 Å². The summed E-state index contributed by atoms with van der Waals surface area (Å²) in [6.07, 6.45) is 0.708. The average molecular weight is 373 g/mol. The van der Waals surface area contributed by atoms with E-state index in [0.29, 0.717) is 47.6 Å². The quantitative estimate of drug-likeness (QED) is 0.746. The van der Waals surface area contributed by atoms with E-state index < -0.39 is 0 Å². The summed E-state index contributed by atoms with van der Waals surface area (Å²) in [4.78, 5) is 18.6. The van der Waals surface area contributed by atoms with Crippen molar-refractivity contribution >= 4 is 23.3 Å². The molecule has 0 atom stereocenters. The van der Waals surface area contributed by atoms with E-state index in [1.54, 1.807) is 36.1 Å². The highest BCUT2D eigenvalue weighted by Gasteiger charge is 2.29. The fourth-order valence-electron chi connectivity index (χ4n) is 3.07. The van der Waals surface area contributed by atoms with Crippen LogP contribution in [0.5, 0.6) is 0 Å². The summed E-state index contributed by atoms with van der Waals surface area (Å²) in [7, 11) is 1.88. The van der Waals surface area contributed by atoms with Crippen LogP contribution in [0.15, 0.2) is 28.8 Å². The van der Waals surface area contributed by atoms with Crippen LogP contribution in [0.4, 0.5) is 10.5 Å². The number of hydrogen-bond donors (Lipinski definition) is 1. The lowest BCUT2D eigenvalue weighted by molar-refractivity contribution is 0.206. The average Bonchev–Trinajstić information content (AvgIpc) is 3.20. The number of hydrogen-bond acceptors (Lipinski definition) is 5. The van der Waals surface area contributed by atoms with Crippen LogP contribution in [0.25, 0.3) is 11.6 Å². The normalized spacial score (nSPS) is 13.6. The number of halogens is 1. The molecule has 9 heteroatoms. The minimum Gasteiger partial charge on any atom is -0.332 e. The van der Waals surface area contributed by atoms with Crippen LogP contribution in [0.1, 0.15) is 17.1 Å². The number of rotatable bonds is 2. The van der Waals surface area contributed by atoms with Crippen LogP contribution >= 0.6 is 11.6 Å². The SMILES string of the molecule is Cc1noc(-c2nn(C)c3c2CN(C(=O)Nc2ccc(Cl)cc2)CC3)n1. The van der Waals surface area contributed by atoms with Crippen LogP contribution < -0.4 is 5.32 Å². The van der Waals surface area contributed by atoms with Gasteiger partial charge in [0.15, 0.2) is 11.5 Å². The number of carbonyl (C=O) groups is 1. The molecule has 1 aromatic carbocycles. The molecular formula is C17H17ClN6O2. The Morgan fingerprint density at radius 3 is 2.77 bits per heavy atom. The third kappa shape index (κ3) is 3.03. The fourth-order valence-corrected chi connectivity index (χ4v) is 3.19. The first-order valence-electron chi connectivity index (χ1n) is 8.18.